The Labute approximate surface area is 187 Å². The number of halogens is 3. The highest BCUT2D eigenvalue weighted by atomic mass is 32.2. The lowest BCUT2D eigenvalue weighted by Crippen LogP contribution is -2.69. The van der Waals surface area contributed by atoms with Crippen molar-refractivity contribution in [3.05, 3.63) is 46.3 Å². The summed E-state index contributed by atoms with van der Waals surface area (Å²) in [4.78, 5) is 12.9. The number of aryl methyl sites for hydroxylation is 1. The van der Waals surface area contributed by atoms with E-state index in [0.29, 0.717) is 18.4 Å². The summed E-state index contributed by atoms with van der Waals surface area (Å²) >= 11 is 0.911. The molecule has 1 aromatic heterocycles. The van der Waals surface area contributed by atoms with E-state index < -0.39 is 39.3 Å². The number of sulfonamides is 1. The first-order chi connectivity index (χ1) is 15.1. The third kappa shape index (κ3) is 4.46. The fraction of sp³-hybridized carbons (Fsp3) is 0.400. The van der Waals surface area contributed by atoms with Gasteiger partial charge in [-0.25, -0.2) is 13.2 Å². The molecule has 0 spiro atoms. The second kappa shape index (κ2) is 9.09. The monoisotopic (exact) mass is 487 g/mol. The Hall–Kier alpha value is -2.62. The molecular formula is C20H20F3N3O4S2. The van der Waals surface area contributed by atoms with E-state index in [-0.39, 0.29) is 10.6 Å². The van der Waals surface area contributed by atoms with Crippen LogP contribution in [0.5, 0.6) is 0 Å². The molecule has 1 aliphatic carbocycles. The van der Waals surface area contributed by atoms with Crippen LogP contribution >= 0.6 is 11.3 Å². The molecule has 0 fully saturated rings. The van der Waals surface area contributed by atoms with Crippen molar-refractivity contribution >= 4 is 32.3 Å². The number of anilines is 1. The van der Waals surface area contributed by atoms with E-state index in [1.807, 2.05) is 11.4 Å². The molecule has 172 valence electrons. The third-order valence-corrected chi connectivity index (χ3v) is 7.61. The second-order valence-corrected chi connectivity index (χ2v) is 9.83. The zero-order valence-electron chi connectivity index (χ0n) is 17.0. The molecule has 2 aromatic rings. The number of thiophene rings is 1. The molecule has 3 rings (SSSR count). The van der Waals surface area contributed by atoms with Crippen LogP contribution < -0.4 is 10.0 Å². The molecular weight excluding hydrogens is 467 g/mol. The summed E-state index contributed by atoms with van der Waals surface area (Å²) in [5.74, 6) is -1.87. The van der Waals surface area contributed by atoms with Gasteiger partial charge in [0.2, 0.25) is 10.0 Å². The lowest BCUT2D eigenvalue weighted by atomic mass is 9.96. The van der Waals surface area contributed by atoms with Crippen molar-refractivity contribution < 1.29 is 31.1 Å². The number of rotatable bonds is 7. The molecule has 1 aliphatic rings. The number of carbonyl (C=O) groups is 1. The van der Waals surface area contributed by atoms with Crippen LogP contribution in [0.25, 0.3) is 0 Å². The number of hydrogen-bond donors (Lipinski definition) is 2. The zero-order chi connectivity index (χ0) is 23.6. The van der Waals surface area contributed by atoms with Crippen LogP contribution in [0.4, 0.5) is 18.2 Å². The van der Waals surface area contributed by atoms with E-state index >= 15 is 0 Å². The highest BCUT2D eigenvalue weighted by Gasteiger charge is 2.65. The van der Waals surface area contributed by atoms with Crippen LogP contribution in [0.1, 0.15) is 35.8 Å². The quantitative estimate of drug-likeness (QED) is 0.455. The minimum Gasteiger partial charge on any atom is -0.463 e. The highest BCUT2D eigenvalue weighted by Crippen LogP contribution is 2.42. The van der Waals surface area contributed by atoms with Gasteiger partial charge >= 0.3 is 12.1 Å². The summed E-state index contributed by atoms with van der Waals surface area (Å²) in [6.45, 7) is 0.882. The number of esters is 1. The highest BCUT2D eigenvalue weighted by molar-refractivity contribution is 7.89. The largest absolute Gasteiger partial charge is 0.463 e. The molecule has 1 heterocycles. The van der Waals surface area contributed by atoms with Crippen LogP contribution in [-0.2, 0) is 32.4 Å². The molecule has 0 bridgehead atoms. The normalized spacial score (nSPS) is 15.8. The predicted octanol–water partition coefficient (Wildman–Crippen LogP) is 3.71. The number of nitriles is 1. The van der Waals surface area contributed by atoms with Crippen molar-refractivity contribution in [3.8, 4) is 6.07 Å². The van der Waals surface area contributed by atoms with Gasteiger partial charge in [-0.1, -0.05) is 18.2 Å². The summed E-state index contributed by atoms with van der Waals surface area (Å²) in [6.07, 6.45) is -2.74. The number of ether oxygens (including phenoxy) is 1. The topological polar surface area (TPSA) is 108 Å². The zero-order valence-corrected chi connectivity index (χ0v) is 18.6. The van der Waals surface area contributed by atoms with Crippen LogP contribution in [0, 0.1) is 11.3 Å². The van der Waals surface area contributed by atoms with Crippen molar-refractivity contribution in [2.45, 2.75) is 49.3 Å². The smallest absolute Gasteiger partial charge is 0.437 e. The van der Waals surface area contributed by atoms with Crippen molar-refractivity contribution in [1.82, 2.24) is 4.72 Å². The van der Waals surface area contributed by atoms with E-state index in [2.05, 4.69) is 4.74 Å². The molecule has 12 heteroatoms. The molecule has 0 unspecified atom stereocenters. The van der Waals surface area contributed by atoms with E-state index in [1.165, 1.54) is 29.8 Å². The average molecular weight is 488 g/mol. The van der Waals surface area contributed by atoms with Gasteiger partial charge in [0.1, 0.15) is 11.1 Å². The van der Waals surface area contributed by atoms with E-state index in [1.54, 1.807) is 0 Å². The lowest BCUT2D eigenvalue weighted by molar-refractivity contribution is -0.202. The SMILES string of the molecule is CCOC(=O)[C@@](Nc1sc2c(c1C#N)CCCC2)(NS(=O)(=O)c1ccccc1)C(F)(F)F. The maximum atomic E-state index is 14.4. The van der Waals surface area contributed by atoms with Crippen molar-refractivity contribution in [3.63, 3.8) is 0 Å². The number of benzene rings is 1. The number of nitrogens with zero attached hydrogens (tertiary/aromatic N) is 1. The number of fused-ring (bicyclic) bond motifs is 1. The second-order valence-electron chi connectivity index (χ2n) is 7.04. The maximum absolute atomic E-state index is 14.4. The Kier molecular flexibility index (Phi) is 6.83. The molecule has 0 saturated heterocycles. The van der Waals surface area contributed by atoms with Crippen molar-refractivity contribution in [2.24, 2.45) is 0 Å². The molecule has 7 nitrogen and oxygen atoms in total. The molecule has 32 heavy (non-hydrogen) atoms. The summed E-state index contributed by atoms with van der Waals surface area (Å²) in [6, 6.07) is 8.25. The maximum Gasteiger partial charge on any atom is 0.437 e. The summed E-state index contributed by atoms with van der Waals surface area (Å²) in [7, 11) is -4.82. The summed E-state index contributed by atoms with van der Waals surface area (Å²) in [5, 5.41) is 11.4. The minimum atomic E-state index is -5.45. The van der Waals surface area contributed by atoms with Gasteiger partial charge in [-0.2, -0.15) is 23.2 Å². The Bertz CT molecular complexity index is 1140. The van der Waals surface area contributed by atoms with Crippen LogP contribution in [0.15, 0.2) is 35.2 Å². The molecule has 2 N–H and O–H groups in total. The fourth-order valence-corrected chi connectivity index (χ4v) is 5.99. The fourth-order valence-electron chi connectivity index (χ4n) is 3.40. The first-order valence-corrected chi connectivity index (χ1v) is 12.0. The van der Waals surface area contributed by atoms with E-state index in [4.69, 9.17) is 0 Å². The number of hydrogen-bond acceptors (Lipinski definition) is 7. The van der Waals surface area contributed by atoms with Gasteiger partial charge in [0, 0.05) is 4.88 Å². The molecule has 0 aliphatic heterocycles. The molecule has 1 aromatic carbocycles. The van der Waals surface area contributed by atoms with E-state index in [9.17, 15) is 31.6 Å². The van der Waals surface area contributed by atoms with Gasteiger partial charge in [-0.15, -0.1) is 11.3 Å². The van der Waals surface area contributed by atoms with Crippen molar-refractivity contribution in [2.75, 3.05) is 11.9 Å². The predicted molar refractivity (Wildman–Crippen MR) is 111 cm³/mol. The first kappa shape index (κ1) is 24.0. The van der Waals surface area contributed by atoms with Gasteiger partial charge in [0.15, 0.2) is 0 Å². The van der Waals surface area contributed by atoms with Gasteiger partial charge in [0.05, 0.1) is 17.1 Å². The van der Waals surface area contributed by atoms with Gasteiger partial charge in [-0.3, -0.25) is 0 Å². The third-order valence-electron chi connectivity index (χ3n) is 4.93. The molecule has 0 radical (unpaired) electrons. The minimum absolute atomic E-state index is 0.0264. The molecule has 0 amide bonds. The van der Waals surface area contributed by atoms with Crippen LogP contribution in [0.2, 0.25) is 0 Å². The molecule has 0 saturated carbocycles. The number of alkyl halides is 3. The lowest BCUT2D eigenvalue weighted by Gasteiger charge is -2.34. The summed E-state index contributed by atoms with van der Waals surface area (Å²) < 4.78 is 75.1. The van der Waals surface area contributed by atoms with Gasteiger partial charge < -0.3 is 10.1 Å². The van der Waals surface area contributed by atoms with Crippen molar-refractivity contribution in [1.29, 1.82) is 5.26 Å². The van der Waals surface area contributed by atoms with Crippen LogP contribution in [-0.4, -0.2) is 32.8 Å². The van der Waals surface area contributed by atoms with Gasteiger partial charge in [0.25, 0.3) is 5.66 Å². The Morgan fingerprint density at radius 2 is 1.88 bits per heavy atom. The number of carbonyl (C=O) groups excluding carboxylic acids is 1. The Balaban J connectivity index is 2.16. The Morgan fingerprint density at radius 3 is 2.47 bits per heavy atom. The number of nitrogens with one attached hydrogen (secondary N) is 2. The Morgan fingerprint density at radius 1 is 1.22 bits per heavy atom. The van der Waals surface area contributed by atoms with Crippen LogP contribution in [0.3, 0.4) is 0 Å². The average Bonchev–Trinajstić information content (AvgIpc) is 3.09. The van der Waals surface area contributed by atoms with E-state index in [0.717, 1.165) is 41.2 Å². The molecule has 1 atom stereocenters. The summed E-state index contributed by atoms with van der Waals surface area (Å²) in [5.41, 5.74) is -3.24. The first-order valence-electron chi connectivity index (χ1n) is 9.71. The van der Waals surface area contributed by atoms with Gasteiger partial charge in [-0.05, 0) is 50.3 Å². The standard InChI is InChI=1S/C20H20F3N3O4S2/c1-2-30-18(27)19(20(21,22)23,26-32(28,29)13-8-4-3-5-9-13)25-17-15(12-24)14-10-6-7-11-16(14)31-17/h3-5,8-9,25-26H,2,6-7,10-11H2,1H3/t19-/m1/s1.